The van der Waals surface area contributed by atoms with E-state index in [4.69, 9.17) is 5.11 Å². The molecule has 0 saturated carbocycles. The van der Waals surface area contributed by atoms with Gasteiger partial charge < -0.3 is 5.11 Å². The first-order chi connectivity index (χ1) is 4.09. The third kappa shape index (κ3) is 1.85. The van der Waals surface area contributed by atoms with Crippen LogP contribution in [0.1, 0.15) is 0 Å². The van der Waals surface area contributed by atoms with Crippen molar-refractivity contribution in [1.82, 2.24) is 0 Å². The smallest absolute Gasteiger partial charge is 0.409 e. The molecule has 0 radical (unpaired) electrons. The minimum absolute atomic E-state index is 0.567. The number of hydrogen-bond donors (Lipinski definition) is 1. The molecule has 0 aromatic carbocycles. The van der Waals surface area contributed by atoms with Crippen LogP contribution in [0.2, 0.25) is 0 Å². The summed E-state index contributed by atoms with van der Waals surface area (Å²) in [4.78, 5) is 17.8. The van der Waals surface area contributed by atoms with Crippen molar-refractivity contribution in [3.63, 3.8) is 0 Å². The third-order valence-corrected chi connectivity index (χ3v) is 0.519. The summed E-state index contributed by atoms with van der Waals surface area (Å²) in [6.07, 6.45) is -0.567. The van der Waals surface area contributed by atoms with Crippen LogP contribution in [0.25, 0.3) is 0 Å². The minimum Gasteiger partial charge on any atom is -0.473 e. The molecular weight excluding hydrogens is 133 g/mol. The summed E-state index contributed by atoms with van der Waals surface area (Å²) in [7, 11) is 0. The van der Waals surface area contributed by atoms with E-state index in [-0.39, 0.29) is 0 Å². The van der Waals surface area contributed by atoms with Crippen LogP contribution in [0.15, 0.2) is 12.0 Å². The molecule has 0 atom stereocenters. The van der Waals surface area contributed by atoms with Gasteiger partial charge in [-0.25, -0.2) is 9.18 Å². The zero-order valence-electron chi connectivity index (χ0n) is 4.07. The van der Waals surface area contributed by atoms with Crippen molar-refractivity contribution in [1.29, 1.82) is 0 Å². The Morgan fingerprint density at radius 3 is 2.22 bits per heavy atom. The number of hydrogen-bond acceptors (Lipinski definition) is 3. The largest absolute Gasteiger partial charge is 0.473 e. The first kappa shape index (κ1) is 7.54. The number of carbonyl (C=O) groups is 1. The molecule has 1 N–H and O–H groups in total. The van der Waals surface area contributed by atoms with Crippen LogP contribution in [-0.2, 0) is 4.79 Å². The fraction of sp³-hybridized carbons (Fsp3) is 0. The molecule has 0 aliphatic carbocycles. The number of nitro groups is 1. The Hall–Kier alpha value is -1.46. The molecule has 50 valence electrons. The number of carboxylic acids is 1. The Bertz CT molecular complexity index is 159. The van der Waals surface area contributed by atoms with Crippen molar-refractivity contribution in [2.45, 2.75) is 0 Å². The number of carboxylic acid groups (broad SMARTS) is 1. The first-order valence-corrected chi connectivity index (χ1v) is 1.77. The standard InChI is InChI=1S/C3H2FNO4/c4-1-2(3(6)7)5(8)9/h1H,(H,6,7)/b2-1+. The average Bonchev–Trinajstić information content (AvgIpc) is 1.64. The van der Waals surface area contributed by atoms with Crippen LogP contribution < -0.4 is 0 Å². The van der Waals surface area contributed by atoms with E-state index in [1.165, 1.54) is 0 Å². The van der Waals surface area contributed by atoms with Gasteiger partial charge in [0.1, 0.15) is 0 Å². The lowest BCUT2D eigenvalue weighted by molar-refractivity contribution is -0.422. The molecule has 9 heavy (non-hydrogen) atoms. The Morgan fingerprint density at radius 2 is 2.22 bits per heavy atom. The lowest BCUT2D eigenvalue weighted by Gasteiger charge is -1.84. The van der Waals surface area contributed by atoms with E-state index >= 15 is 0 Å². The molecule has 0 saturated heterocycles. The minimum atomic E-state index is -1.89. The molecule has 0 aromatic heterocycles. The van der Waals surface area contributed by atoms with Gasteiger partial charge in [0.25, 0.3) is 0 Å². The zero-order chi connectivity index (χ0) is 7.44. The highest BCUT2D eigenvalue weighted by atomic mass is 19.1. The molecule has 0 aromatic rings. The normalized spacial score (nSPS) is 11.0. The molecule has 0 rings (SSSR count). The van der Waals surface area contributed by atoms with Gasteiger partial charge in [0, 0.05) is 0 Å². The van der Waals surface area contributed by atoms with Gasteiger partial charge in [-0.2, -0.15) is 0 Å². The fourth-order valence-corrected chi connectivity index (χ4v) is 0.165. The molecule has 0 heterocycles. The van der Waals surface area contributed by atoms with Crippen LogP contribution >= 0.6 is 0 Å². The van der Waals surface area contributed by atoms with Gasteiger partial charge in [-0.15, -0.1) is 0 Å². The van der Waals surface area contributed by atoms with Gasteiger partial charge in [0.15, 0.2) is 6.33 Å². The number of nitrogens with zero attached hydrogens (tertiary/aromatic N) is 1. The van der Waals surface area contributed by atoms with E-state index < -0.39 is 22.9 Å². The summed E-state index contributed by atoms with van der Waals surface area (Å²) in [5.74, 6) is -1.89. The second-order valence-electron chi connectivity index (χ2n) is 1.06. The maximum atomic E-state index is 11.2. The van der Waals surface area contributed by atoms with Crippen LogP contribution in [0.5, 0.6) is 0 Å². The highest BCUT2D eigenvalue weighted by molar-refractivity contribution is 5.83. The maximum absolute atomic E-state index is 11.2. The average molecular weight is 135 g/mol. The highest BCUT2D eigenvalue weighted by Crippen LogP contribution is 1.94. The summed E-state index contributed by atoms with van der Waals surface area (Å²) in [5, 5.41) is 17.3. The summed E-state index contributed by atoms with van der Waals surface area (Å²) in [6, 6.07) is 0. The molecule has 0 aliphatic heterocycles. The molecule has 0 aliphatic rings. The molecule has 0 unspecified atom stereocenters. The topological polar surface area (TPSA) is 80.4 Å². The van der Waals surface area contributed by atoms with Gasteiger partial charge in [-0.3, -0.25) is 10.1 Å². The number of halogens is 1. The molecule has 0 spiro atoms. The van der Waals surface area contributed by atoms with Crippen molar-refractivity contribution in [3.8, 4) is 0 Å². The molecule has 5 nitrogen and oxygen atoms in total. The monoisotopic (exact) mass is 135 g/mol. The summed E-state index contributed by atoms with van der Waals surface area (Å²) >= 11 is 0. The molecule has 6 heteroatoms. The Kier molecular flexibility index (Phi) is 2.31. The van der Waals surface area contributed by atoms with Gasteiger partial charge in [0.2, 0.25) is 0 Å². The van der Waals surface area contributed by atoms with Crippen molar-refractivity contribution < 1.29 is 19.2 Å². The van der Waals surface area contributed by atoms with E-state index in [0.29, 0.717) is 0 Å². The fourth-order valence-electron chi connectivity index (χ4n) is 0.165. The van der Waals surface area contributed by atoms with Gasteiger partial charge in [-0.1, -0.05) is 0 Å². The lowest BCUT2D eigenvalue weighted by Crippen LogP contribution is -2.08. The van der Waals surface area contributed by atoms with E-state index in [9.17, 15) is 19.3 Å². The van der Waals surface area contributed by atoms with Gasteiger partial charge >= 0.3 is 11.7 Å². The van der Waals surface area contributed by atoms with Crippen LogP contribution in [-0.4, -0.2) is 16.0 Å². The van der Waals surface area contributed by atoms with Crippen molar-refractivity contribution in [2.24, 2.45) is 0 Å². The Morgan fingerprint density at radius 1 is 1.78 bits per heavy atom. The zero-order valence-corrected chi connectivity index (χ0v) is 4.07. The highest BCUT2D eigenvalue weighted by Gasteiger charge is 2.19. The predicted octanol–water partition coefficient (Wildman–Crippen LogP) is 0.159. The molecule has 0 amide bonds. The first-order valence-electron chi connectivity index (χ1n) is 1.77. The summed E-state index contributed by atoms with van der Waals surface area (Å²) < 4.78 is 11.2. The second kappa shape index (κ2) is 2.75. The number of aliphatic carboxylic acids is 1. The lowest BCUT2D eigenvalue weighted by atomic mass is 10.5. The Labute approximate surface area is 48.6 Å². The van der Waals surface area contributed by atoms with Crippen LogP contribution in [0, 0.1) is 10.1 Å². The van der Waals surface area contributed by atoms with E-state index in [1.807, 2.05) is 0 Å². The van der Waals surface area contributed by atoms with Crippen molar-refractivity contribution in [3.05, 3.63) is 22.1 Å². The van der Waals surface area contributed by atoms with Gasteiger partial charge in [0.05, 0.1) is 4.92 Å². The van der Waals surface area contributed by atoms with Crippen LogP contribution in [0.4, 0.5) is 4.39 Å². The summed E-state index contributed by atoms with van der Waals surface area (Å²) in [6.45, 7) is 0. The third-order valence-electron chi connectivity index (χ3n) is 0.519. The Balaban J connectivity index is 4.38. The molecule has 0 bridgehead atoms. The maximum Gasteiger partial charge on any atom is 0.409 e. The summed E-state index contributed by atoms with van der Waals surface area (Å²) in [5.41, 5.74) is -1.46. The molecule has 0 fully saturated rings. The molecular formula is C3H2FNO4. The van der Waals surface area contributed by atoms with E-state index in [2.05, 4.69) is 0 Å². The van der Waals surface area contributed by atoms with E-state index in [1.54, 1.807) is 0 Å². The van der Waals surface area contributed by atoms with E-state index in [0.717, 1.165) is 0 Å². The SMILES string of the molecule is O=C(O)/C(=C\F)[N+](=O)[O-]. The number of rotatable bonds is 2. The van der Waals surface area contributed by atoms with Crippen molar-refractivity contribution >= 4 is 5.97 Å². The van der Waals surface area contributed by atoms with Crippen LogP contribution in [0.3, 0.4) is 0 Å². The second-order valence-corrected chi connectivity index (χ2v) is 1.06. The van der Waals surface area contributed by atoms with Gasteiger partial charge in [-0.05, 0) is 0 Å². The van der Waals surface area contributed by atoms with Crippen molar-refractivity contribution in [2.75, 3.05) is 0 Å². The quantitative estimate of drug-likeness (QED) is 0.332. The predicted molar refractivity (Wildman–Crippen MR) is 23.8 cm³/mol.